The molecular formula is C13H14N6O3. The van der Waals surface area contributed by atoms with E-state index in [1.165, 1.54) is 18.2 Å². The minimum absolute atomic E-state index is 0.0492. The molecule has 0 fully saturated rings. The van der Waals surface area contributed by atoms with E-state index in [-0.39, 0.29) is 23.2 Å². The molecule has 22 heavy (non-hydrogen) atoms. The molecule has 1 heterocycles. The number of anilines is 1. The van der Waals surface area contributed by atoms with Crippen LogP contribution in [0.15, 0.2) is 34.1 Å². The van der Waals surface area contributed by atoms with Crippen LogP contribution in [0.5, 0.6) is 0 Å². The van der Waals surface area contributed by atoms with E-state index in [4.69, 9.17) is 5.73 Å². The van der Waals surface area contributed by atoms with Crippen LogP contribution in [0.4, 0.5) is 17.3 Å². The van der Waals surface area contributed by atoms with Gasteiger partial charge in [-0.3, -0.25) is 19.9 Å². The smallest absolute Gasteiger partial charge is 0.271 e. The fraction of sp³-hybridized carbons (Fsp3) is 0.154. The summed E-state index contributed by atoms with van der Waals surface area (Å²) < 4.78 is 0. The van der Waals surface area contributed by atoms with E-state index >= 15 is 0 Å². The normalized spacial score (nSPS) is 11.3. The molecule has 114 valence electrons. The summed E-state index contributed by atoms with van der Waals surface area (Å²) in [5.74, 6) is 0.00966. The third-order valence-corrected chi connectivity index (χ3v) is 2.94. The quantitative estimate of drug-likeness (QED) is 0.338. The highest BCUT2D eigenvalue weighted by Gasteiger charge is 2.07. The average Bonchev–Trinajstić information content (AvgIpc) is 2.44. The van der Waals surface area contributed by atoms with Crippen LogP contribution in [0.2, 0.25) is 0 Å². The van der Waals surface area contributed by atoms with E-state index in [0.717, 1.165) is 0 Å². The lowest BCUT2D eigenvalue weighted by Crippen LogP contribution is -2.23. The number of H-pyrrole nitrogens is 1. The second kappa shape index (κ2) is 6.04. The molecular weight excluding hydrogens is 288 g/mol. The van der Waals surface area contributed by atoms with Gasteiger partial charge in [0, 0.05) is 29.1 Å². The highest BCUT2D eigenvalue weighted by molar-refractivity contribution is 5.93. The summed E-state index contributed by atoms with van der Waals surface area (Å²) in [5.41, 5.74) is 6.79. The second-order valence-electron chi connectivity index (χ2n) is 4.53. The van der Waals surface area contributed by atoms with Gasteiger partial charge in [-0.25, -0.2) is 4.98 Å². The Bertz CT molecular complexity index is 812. The Balaban J connectivity index is 2.25. The lowest BCUT2D eigenvalue weighted by molar-refractivity contribution is -0.384. The van der Waals surface area contributed by atoms with Crippen molar-refractivity contribution in [3.63, 3.8) is 0 Å². The maximum Gasteiger partial charge on any atom is 0.271 e. The van der Waals surface area contributed by atoms with Crippen molar-refractivity contribution in [2.45, 2.75) is 13.8 Å². The van der Waals surface area contributed by atoms with Gasteiger partial charge in [-0.2, -0.15) is 4.99 Å². The Morgan fingerprint density at radius 2 is 2.18 bits per heavy atom. The lowest BCUT2D eigenvalue weighted by Gasteiger charge is -2.05. The van der Waals surface area contributed by atoms with Gasteiger partial charge in [0.05, 0.1) is 4.92 Å². The van der Waals surface area contributed by atoms with Gasteiger partial charge in [0.2, 0.25) is 11.9 Å². The van der Waals surface area contributed by atoms with E-state index in [2.05, 4.69) is 20.3 Å². The van der Waals surface area contributed by atoms with E-state index in [1.807, 2.05) is 0 Å². The zero-order valence-electron chi connectivity index (χ0n) is 12.0. The first-order valence-electron chi connectivity index (χ1n) is 6.30. The summed E-state index contributed by atoms with van der Waals surface area (Å²) in [6, 6.07) is 5.80. The molecule has 0 unspecified atom stereocenters. The molecule has 0 aliphatic rings. The molecule has 2 rings (SSSR count). The summed E-state index contributed by atoms with van der Waals surface area (Å²) in [4.78, 5) is 32.3. The molecule has 1 aromatic heterocycles. The Morgan fingerprint density at radius 1 is 1.45 bits per heavy atom. The number of hydrogen-bond donors (Lipinski definition) is 3. The number of aliphatic imine (C=N–C) groups is 1. The minimum Gasteiger partial charge on any atom is -0.369 e. The predicted molar refractivity (Wildman–Crippen MR) is 82.3 cm³/mol. The van der Waals surface area contributed by atoms with E-state index < -0.39 is 4.92 Å². The summed E-state index contributed by atoms with van der Waals surface area (Å²) in [6.45, 7) is 3.34. The van der Waals surface area contributed by atoms with Crippen LogP contribution in [0.25, 0.3) is 0 Å². The first kappa shape index (κ1) is 15.2. The molecule has 0 radical (unpaired) electrons. The highest BCUT2D eigenvalue weighted by Crippen LogP contribution is 2.17. The standard InChI is InChI=1S/C13H14N6O3/c1-7-8(2)15-13(17-11(7)20)18-12(14)16-9-4-3-5-10(6-9)19(21)22/h3-6H,1-2H3,(H4,14,15,16,17,18,20). The van der Waals surface area contributed by atoms with Crippen molar-refractivity contribution >= 4 is 23.3 Å². The molecule has 1 aromatic carbocycles. The third-order valence-electron chi connectivity index (χ3n) is 2.94. The Morgan fingerprint density at radius 3 is 2.82 bits per heavy atom. The number of non-ortho nitro benzene ring substituents is 1. The number of guanidine groups is 1. The van der Waals surface area contributed by atoms with Crippen LogP contribution in [0.3, 0.4) is 0 Å². The van der Waals surface area contributed by atoms with E-state index in [0.29, 0.717) is 16.9 Å². The van der Waals surface area contributed by atoms with Gasteiger partial charge < -0.3 is 11.1 Å². The summed E-state index contributed by atoms with van der Waals surface area (Å²) >= 11 is 0. The number of rotatable bonds is 3. The SMILES string of the molecule is Cc1nc(/N=C(\N)Nc2cccc([N+](=O)[O-])c2)[nH]c(=O)c1C. The fourth-order valence-electron chi connectivity index (χ4n) is 1.67. The topological polar surface area (TPSA) is 139 Å². The second-order valence-corrected chi connectivity index (χ2v) is 4.53. The van der Waals surface area contributed by atoms with E-state index in [1.54, 1.807) is 19.9 Å². The molecule has 0 saturated carbocycles. The zero-order valence-corrected chi connectivity index (χ0v) is 12.0. The van der Waals surface area contributed by atoms with Gasteiger partial charge in [0.1, 0.15) is 0 Å². The first-order valence-corrected chi connectivity index (χ1v) is 6.30. The van der Waals surface area contributed by atoms with Crippen molar-refractivity contribution in [3.05, 3.63) is 56.0 Å². The number of aryl methyl sites for hydroxylation is 1. The Labute approximate surface area is 125 Å². The number of benzene rings is 1. The van der Waals surface area contributed by atoms with Crippen LogP contribution in [0.1, 0.15) is 11.3 Å². The van der Waals surface area contributed by atoms with Crippen molar-refractivity contribution in [2.75, 3.05) is 5.32 Å². The van der Waals surface area contributed by atoms with Crippen LogP contribution in [-0.2, 0) is 0 Å². The summed E-state index contributed by atoms with van der Waals surface area (Å²) in [6.07, 6.45) is 0. The summed E-state index contributed by atoms with van der Waals surface area (Å²) in [5, 5.41) is 13.4. The molecule has 2 aromatic rings. The number of aromatic nitrogens is 2. The van der Waals surface area contributed by atoms with Gasteiger partial charge in [-0.05, 0) is 19.9 Å². The fourth-order valence-corrected chi connectivity index (χ4v) is 1.67. The van der Waals surface area contributed by atoms with Crippen molar-refractivity contribution < 1.29 is 4.92 Å². The zero-order chi connectivity index (χ0) is 16.3. The Kier molecular flexibility index (Phi) is 4.16. The van der Waals surface area contributed by atoms with Gasteiger partial charge in [-0.1, -0.05) is 6.07 Å². The monoisotopic (exact) mass is 302 g/mol. The number of nitro benzene ring substituents is 1. The Hall–Kier alpha value is -3.23. The van der Waals surface area contributed by atoms with Crippen LogP contribution in [-0.4, -0.2) is 20.9 Å². The van der Waals surface area contributed by atoms with Crippen LogP contribution < -0.4 is 16.6 Å². The maximum absolute atomic E-state index is 11.6. The highest BCUT2D eigenvalue weighted by atomic mass is 16.6. The third kappa shape index (κ3) is 3.45. The average molecular weight is 302 g/mol. The molecule has 0 atom stereocenters. The first-order chi connectivity index (χ1) is 10.4. The lowest BCUT2D eigenvalue weighted by atomic mass is 10.3. The molecule has 0 aliphatic carbocycles. The number of nitro groups is 1. The van der Waals surface area contributed by atoms with Crippen molar-refractivity contribution in [3.8, 4) is 0 Å². The maximum atomic E-state index is 11.6. The number of hydrogen-bond acceptors (Lipinski definition) is 5. The molecule has 0 amide bonds. The van der Waals surface area contributed by atoms with Crippen LogP contribution >= 0.6 is 0 Å². The van der Waals surface area contributed by atoms with E-state index in [9.17, 15) is 14.9 Å². The summed E-state index contributed by atoms with van der Waals surface area (Å²) in [7, 11) is 0. The molecule has 0 saturated heterocycles. The number of nitrogens with zero attached hydrogens (tertiary/aromatic N) is 3. The molecule has 4 N–H and O–H groups in total. The van der Waals surface area contributed by atoms with Gasteiger partial charge in [-0.15, -0.1) is 0 Å². The van der Waals surface area contributed by atoms with Crippen molar-refractivity contribution in [1.29, 1.82) is 0 Å². The molecule has 0 bridgehead atoms. The molecule has 0 aliphatic heterocycles. The van der Waals surface area contributed by atoms with Crippen molar-refractivity contribution in [1.82, 2.24) is 9.97 Å². The largest absolute Gasteiger partial charge is 0.369 e. The van der Waals surface area contributed by atoms with Crippen molar-refractivity contribution in [2.24, 2.45) is 10.7 Å². The predicted octanol–water partition coefficient (Wildman–Crippen LogP) is 1.35. The van der Waals surface area contributed by atoms with Gasteiger partial charge in [0.25, 0.3) is 11.2 Å². The minimum atomic E-state index is -0.513. The van der Waals surface area contributed by atoms with Gasteiger partial charge in [0.15, 0.2) is 0 Å². The number of nitrogens with two attached hydrogens (primary N) is 1. The van der Waals surface area contributed by atoms with Crippen LogP contribution in [0, 0.1) is 24.0 Å². The van der Waals surface area contributed by atoms with Gasteiger partial charge >= 0.3 is 0 Å². The number of aromatic amines is 1. The number of nitrogens with one attached hydrogen (secondary N) is 2. The molecule has 9 heteroatoms. The molecule has 9 nitrogen and oxygen atoms in total. The molecule has 0 spiro atoms.